The number of aliphatic hydroxyl groups excluding tert-OH is 1. The fraction of sp³-hybridized carbons (Fsp3) is 0.385. The van der Waals surface area contributed by atoms with Gasteiger partial charge in [0.1, 0.15) is 11.5 Å². The number of furan rings is 1. The fourth-order valence-electron chi connectivity index (χ4n) is 2.03. The second kappa shape index (κ2) is 3.96. The third-order valence-electron chi connectivity index (χ3n) is 3.26. The molecule has 0 spiro atoms. The van der Waals surface area contributed by atoms with Crippen LogP contribution in [0, 0.1) is 5.92 Å². The van der Waals surface area contributed by atoms with Crippen molar-refractivity contribution in [1.29, 1.82) is 0 Å². The molecule has 2 heterocycles. The zero-order chi connectivity index (χ0) is 11.8. The first kappa shape index (κ1) is 10.5. The molecular formula is C13H14N2O2. The molecule has 0 radical (unpaired) electrons. The predicted molar refractivity (Wildman–Crippen MR) is 61.3 cm³/mol. The molecule has 0 bridgehead atoms. The molecule has 3 atom stereocenters. The molecule has 1 saturated carbocycles. The van der Waals surface area contributed by atoms with Crippen LogP contribution in [0.2, 0.25) is 0 Å². The van der Waals surface area contributed by atoms with Gasteiger partial charge in [-0.2, -0.15) is 0 Å². The Bertz CT molecular complexity index is 509. The van der Waals surface area contributed by atoms with Gasteiger partial charge >= 0.3 is 0 Å². The van der Waals surface area contributed by atoms with Crippen molar-refractivity contribution in [2.75, 3.05) is 0 Å². The summed E-state index contributed by atoms with van der Waals surface area (Å²) in [5, 5.41) is 10.1. The summed E-state index contributed by atoms with van der Waals surface area (Å²) < 4.78 is 5.68. The van der Waals surface area contributed by atoms with E-state index in [0.29, 0.717) is 23.3 Å². The maximum absolute atomic E-state index is 10.1. The Balaban J connectivity index is 1.82. The molecule has 0 aromatic carbocycles. The van der Waals surface area contributed by atoms with E-state index in [9.17, 15) is 5.11 Å². The molecule has 0 aliphatic heterocycles. The molecule has 4 heteroatoms. The molecule has 1 fully saturated rings. The summed E-state index contributed by atoms with van der Waals surface area (Å²) in [6, 6.07) is 3.77. The summed E-state index contributed by atoms with van der Waals surface area (Å²) in [6.45, 7) is 2.20. The summed E-state index contributed by atoms with van der Waals surface area (Å²) in [4.78, 5) is 8.00. The SMILES string of the molecule is CC1CC1c1ccc(C(O)c2cnccn2)o1. The molecule has 0 saturated heterocycles. The number of nitrogens with zero attached hydrogens (tertiary/aromatic N) is 2. The first-order valence-electron chi connectivity index (χ1n) is 5.79. The van der Waals surface area contributed by atoms with Crippen molar-refractivity contribution in [1.82, 2.24) is 9.97 Å². The summed E-state index contributed by atoms with van der Waals surface area (Å²) in [7, 11) is 0. The van der Waals surface area contributed by atoms with Crippen LogP contribution in [-0.4, -0.2) is 15.1 Å². The molecular weight excluding hydrogens is 216 g/mol. The van der Waals surface area contributed by atoms with E-state index in [1.165, 1.54) is 6.42 Å². The van der Waals surface area contributed by atoms with E-state index in [0.717, 1.165) is 5.76 Å². The van der Waals surface area contributed by atoms with Crippen LogP contribution in [0.15, 0.2) is 35.1 Å². The van der Waals surface area contributed by atoms with Crippen molar-refractivity contribution in [3.63, 3.8) is 0 Å². The van der Waals surface area contributed by atoms with Crippen LogP contribution in [0.3, 0.4) is 0 Å². The Kier molecular flexibility index (Phi) is 2.44. The molecule has 1 aliphatic carbocycles. The number of aliphatic hydroxyl groups is 1. The van der Waals surface area contributed by atoms with Gasteiger partial charge < -0.3 is 9.52 Å². The average Bonchev–Trinajstić information content (AvgIpc) is 2.92. The fourth-order valence-corrected chi connectivity index (χ4v) is 2.03. The highest BCUT2D eigenvalue weighted by molar-refractivity contribution is 5.22. The van der Waals surface area contributed by atoms with Crippen LogP contribution in [-0.2, 0) is 0 Å². The van der Waals surface area contributed by atoms with Gasteiger partial charge in [0, 0.05) is 18.3 Å². The summed E-state index contributed by atoms with van der Waals surface area (Å²) in [6.07, 6.45) is 5.04. The highest BCUT2D eigenvalue weighted by atomic mass is 16.4. The van der Waals surface area contributed by atoms with E-state index in [1.807, 2.05) is 12.1 Å². The summed E-state index contributed by atoms with van der Waals surface area (Å²) in [5.74, 6) is 2.73. The van der Waals surface area contributed by atoms with Crippen molar-refractivity contribution in [2.24, 2.45) is 5.92 Å². The van der Waals surface area contributed by atoms with Gasteiger partial charge in [0.2, 0.25) is 0 Å². The topological polar surface area (TPSA) is 59.2 Å². The molecule has 1 N–H and O–H groups in total. The quantitative estimate of drug-likeness (QED) is 0.878. The lowest BCUT2D eigenvalue weighted by Gasteiger charge is -2.05. The lowest BCUT2D eigenvalue weighted by atomic mass is 10.2. The highest BCUT2D eigenvalue weighted by Crippen LogP contribution is 2.47. The number of hydrogen-bond donors (Lipinski definition) is 1. The molecule has 1 aliphatic rings. The van der Waals surface area contributed by atoms with Crippen LogP contribution in [0.25, 0.3) is 0 Å². The third kappa shape index (κ3) is 1.96. The van der Waals surface area contributed by atoms with Crippen molar-refractivity contribution in [3.8, 4) is 0 Å². The lowest BCUT2D eigenvalue weighted by molar-refractivity contribution is 0.182. The average molecular weight is 230 g/mol. The molecule has 2 aromatic heterocycles. The van der Waals surface area contributed by atoms with Crippen molar-refractivity contribution >= 4 is 0 Å². The van der Waals surface area contributed by atoms with E-state index in [2.05, 4.69) is 16.9 Å². The maximum atomic E-state index is 10.1. The first-order chi connectivity index (χ1) is 8.25. The molecule has 3 rings (SSSR count). The highest BCUT2D eigenvalue weighted by Gasteiger charge is 2.37. The van der Waals surface area contributed by atoms with Gasteiger partial charge in [-0.25, -0.2) is 0 Å². The normalized spacial score (nSPS) is 24.6. The van der Waals surface area contributed by atoms with E-state index in [-0.39, 0.29) is 0 Å². The van der Waals surface area contributed by atoms with Gasteiger partial charge in [0.15, 0.2) is 6.10 Å². The van der Waals surface area contributed by atoms with E-state index < -0.39 is 6.10 Å². The number of aromatic nitrogens is 2. The second-order valence-electron chi connectivity index (χ2n) is 4.59. The maximum Gasteiger partial charge on any atom is 0.155 e. The minimum Gasteiger partial charge on any atom is -0.463 e. The molecule has 4 nitrogen and oxygen atoms in total. The Morgan fingerprint density at radius 2 is 2.24 bits per heavy atom. The molecule has 17 heavy (non-hydrogen) atoms. The van der Waals surface area contributed by atoms with E-state index in [1.54, 1.807) is 18.6 Å². The van der Waals surface area contributed by atoms with E-state index in [4.69, 9.17) is 4.42 Å². The van der Waals surface area contributed by atoms with Crippen LogP contribution in [0.1, 0.15) is 42.6 Å². The van der Waals surface area contributed by atoms with Gasteiger partial charge in [-0.15, -0.1) is 0 Å². The largest absolute Gasteiger partial charge is 0.463 e. The standard InChI is InChI=1S/C13H14N2O2/c1-8-6-9(8)11-2-3-12(17-11)13(16)10-7-14-4-5-15-10/h2-5,7-9,13,16H,6H2,1H3. The van der Waals surface area contributed by atoms with E-state index >= 15 is 0 Å². The number of rotatable bonds is 3. The minimum atomic E-state index is -0.827. The molecule has 2 aromatic rings. The van der Waals surface area contributed by atoms with Gasteiger partial charge in [-0.05, 0) is 24.5 Å². The van der Waals surface area contributed by atoms with Crippen molar-refractivity contribution in [2.45, 2.75) is 25.4 Å². The van der Waals surface area contributed by atoms with Crippen LogP contribution >= 0.6 is 0 Å². The molecule has 3 unspecified atom stereocenters. The van der Waals surface area contributed by atoms with Gasteiger partial charge in [0.25, 0.3) is 0 Å². The summed E-state index contributed by atoms with van der Waals surface area (Å²) in [5.41, 5.74) is 0.511. The Morgan fingerprint density at radius 3 is 2.88 bits per heavy atom. The monoisotopic (exact) mass is 230 g/mol. The van der Waals surface area contributed by atoms with Crippen molar-refractivity contribution < 1.29 is 9.52 Å². The summed E-state index contributed by atoms with van der Waals surface area (Å²) >= 11 is 0. The van der Waals surface area contributed by atoms with Crippen LogP contribution < -0.4 is 0 Å². The zero-order valence-corrected chi connectivity index (χ0v) is 9.58. The van der Waals surface area contributed by atoms with Crippen LogP contribution in [0.5, 0.6) is 0 Å². The molecule has 88 valence electrons. The Morgan fingerprint density at radius 1 is 1.41 bits per heavy atom. The second-order valence-corrected chi connectivity index (χ2v) is 4.59. The minimum absolute atomic E-state index is 0.511. The van der Waals surface area contributed by atoms with Gasteiger partial charge in [-0.3, -0.25) is 9.97 Å². The smallest absolute Gasteiger partial charge is 0.155 e. The number of hydrogen-bond acceptors (Lipinski definition) is 4. The Labute approximate surface area is 99.3 Å². The molecule has 0 amide bonds. The predicted octanol–water partition coefficient (Wildman–Crippen LogP) is 2.27. The van der Waals surface area contributed by atoms with Crippen LogP contribution in [0.4, 0.5) is 0 Å². The first-order valence-corrected chi connectivity index (χ1v) is 5.79. The third-order valence-corrected chi connectivity index (χ3v) is 3.26. The van der Waals surface area contributed by atoms with Gasteiger partial charge in [0.05, 0.1) is 11.9 Å². The lowest BCUT2D eigenvalue weighted by Crippen LogP contribution is -2.01. The van der Waals surface area contributed by atoms with Gasteiger partial charge in [-0.1, -0.05) is 6.92 Å². The Hall–Kier alpha value is -1.68. The zero-order valence-electron chi connectivity index (χ0n) is 9.58. The van der Waals surface area contributed by atoms with Crippen molar-refractivity contribution in [3.05, 3.63) is 47.9 Å².